The summed E-state index contributed by atoms with van der Waals surface area (Å²) < 4.78 is 6.97. The molecule has 2 aromatic heterocycles. The second-order valence-corrected chi connectivity index (χ2v) is 7.53. The number of fused-ring (bicyclic) bond motifs is 1. The highest BCUT2D eigenvalue weighted by Gasteiger charge is 2.20. The molecule has 1 aliphatic heterocycles. The first-order valence-corrected chi connectivity index (χ1v) is 10.7. The summed E-state index contributed by atoms with van der Waals surface area (Å²) in [5.74, 6) is 1.87. The van der Waals surface area contributed by atoms with E-state index in [0.717, 1.165) is 47.3 Å². The maximum absolute atomic E-state index is 11.7. The highest BCUT2D eigenvalue weighted by atomic mass is 32.2. The molecule has 0 spiro atoms. The molecule has 1 fully saturated rings. The van der Waals surface area contributed by atoms with E-state index in [0.29, 0.717) is 19.7 Å². The Balaban J connectivity index is 1.77. The maximum atomic E-state index is 11.7. The molecule has 0 aromatic carbocycles. The first-order chi connectivity index (χ1) is 13.2. The lowest BCUT2D eigenvalue weighted by atomic mass is 10.3. The van der Waals surface area contributed by atoms with Gasteiger partial charge in [0.2, 0.25) is 5.91 Å². The summed E-state index contributed by atoms with van der Waals surface area (Å²) >= 11 is 1.68. The minimum atomic E-state index is -0.111. The molecule has 0 radical (unpaired) electrons. The first-order valence-electron chi connectivity index (χ1n) is 9.68. The van der Waals surface area contributed by atoms with Gasteiger partial charge in [-0.15, -0.1) is 0 Å². The van der Waals surface area contributed by atoms with Crippen molar-refractivity contribution in [2.45, 2.75) is 44.8 Å². The molecule has 2 aromatic rings. The Morgan fingerprint density at radius 2 is 2.11 bits per heavy atom. The van der Waals surface area contributed by atoms with E-state index < -0.39 is 0 Å². The van der Waals surface area contributed by atoms with Crippen molar-refractivity contribution in [2.24, 2.45) is 0 Å². The number of amides is 1. The van der Waals surface area contributed by atoms with Gasteiger partial charge in [0.05, 0.1) is 18.1 Å². The molecule has 0 atom stereocenters. The van der Waals surface area contributed by atoms with Crippen molar-refractivity contribution in [3.8, 4) is 0 Å². The molecule has 1 aliphatic rings. The van der Waals surface area contributed by atoms with Gasteiger partial charge in [-0.2, -0.15) is 5.10 Å². The predicted molar refractivity (Wildman–Crippen MR) is 107 cm³/mol. The standard InChI is InChI=1S/C18H28N6O2S/c1-3-11-27-18-21-16(23-8-5-6-9-23)14-12-20-24(17(14)22-18)10-7-19-15(25)13-26-4-2/h12H,3-11,13H2,1-2H3,(H,19,25). The monoisotopic (exact) mass is 392 g/mol. The van der Waals surface area contributed by atoms with Crippen molar-refractivity contribution in [1.82, 2.24) is 25.1 Å². The molecule has 27 heavy (non-hydrogen) atoms. The average molecular weight is 393 g/mol. The highest BCUT2D eigenvalue weighted by Crippen LogP contribution is 2.29. The minimum Gasteiger partial charge on any atom is -0.372 e. The van der Waals surface area contributed by atoms with E-state index >= 15 is 0 Å². The Labute approximate surface area is 164 Å². The number of aromatic nitrogens is 4. The molecule has 1 amide bonds. The SMILES string of the molecule is CCCSc1nc(N2CCCC2)c2cnn(CCNC(=O)COCC)c2n1. The minimum absolute atomic E-state index is 0.0927. The van der Waals surface area contributed by atoms with Crippen LogP contribution in [0.3, 0.4) is 0 Å². The van der Waals surface area contributed by atoms with Crippen LogP contribution in [0.15, 0.2) is 11.4 Å². The molecule has 3 heterocycles. The summed E-state index contributed by atoms with van der Waals surface area (Å²) in [6.45, 7) is 7.77. The number of nitrogens with one attached hydrogen (secondary N) is 1. The summed E-state index contributed by atoms with van der Waals surface area (Å²) in [6, 6.07) is 0. The van der Waals surface area contributed by atoms with E-state index in [-0.39, 0.29) is 12.5 Å². The molecular weight excluding hydrogens is 364 g/mol. The smallest absolute Gasteiger partial charge is 0.246 e. The van der Waals surface area contributed by atoms with Crippen LogP contribution in [0.5, 0.6) is 0 Å². The van der Waals surface area contributed by atoms with Crippen molar-refractivity contribution >= 4 is 34.5 Å². The van der Waals surface area contributed by atoms with Crippen LogP contribution in [0.25, 0.3) is 11.0 Å². The Kier molecular flexibility index (Phi) is 7.28. The molecule has 1 saturated heterocycles. The van der Waals surface area contributed by atoms with Gasteiger partial charge in [-0.1, -0.05) is 18.7 Å². The Bertz CT molecular complexity index is 760. The second-order valence-electron chi connectivity index (χ2n) is 6.46. The normalized spacial score (nSPS) is 14.2. The number of hydrogen-bond donors (Lipinski definition) is 1. The zero-order chi connectivity index (χ0) is 19.1. The maximum Gasteiger partial charge on any atom is 0.246 e. The fourth-order valence-corrected chi connectivity index (χ4v) is 3.75. The van der Waals surface area contributed by atoms with E-state index in [9.17, 15) is 4.79 Å². The van der Waals surface area contributed by atoms with Gasteiger partial charge in [0, 0.05) is 32.0 Å². The molecule has 0 unspecified atom stereocenters. The van der Waals surface area contributed by atoms with Crippen molar-refractivity contribution in [1.29, 1.82) is 0 Å². The van der Waals surface area contributed by atoms with E-state index in [1.807, 2.05) is 17.8 Å². The number of ether oxygens (including phenoxy) is 1. The summed E-state index contributed by atoms with van der Waals surface area (Å²) in [7, 11) is 0. The zero-order valence-corrected chi connectivity index (χ0v) is 16.9. The average Bonchev–Trinajstić information content (AvgIpc) is 3.34. The third kappa shape index (κ3) is 5.10. The van der Waals surface area contributed by atoms with Crippen LogP contribution in [-0.2, 0) is 16.1 Å². The van der Waals surface area contributed by atoms with Crippen LogP contribution in [0.4, 0.5) is 5.82 Å². The highest BCUT2D eigenvalue weighted by molar-refractivity contribution is 7.99. The molecule has 0 bridgehead atoms. The van der Waals surface area contributed by atoms with Crippen molar-refractivity contribution in [2.75, 3.05) is 43.5 Å². The zero-order valence-electron chi connectivity index (χ0n) is 16.1. The fourth-order valence-electron chi connectivity index (χ4n) is 3.06. The van der Waals surface area contributed by atoms with Crippen LogP contribution >= 0.6 is 11.8 Å². The van der Waals surface area contributed by atoms with E-state index in [2.05, 4.69) is 22.2 Å². The van der Waals surface area contributed by atoms with Gasteiger partial charge < -0.3 is 15.0 Å². The topological polar surface area (TPSA) is 85.2 Å². The summed E-state index contributed by atoms with van der Waals surface area (Å²) in [5, 5.41) is 9.14. The molecule has 0 saturated carbocycles. The largest absolute Gasteiger partial charge is 0.372 e. The molecule has 9 heteroatoms. The van der Waals surface area contributed by atoms with Gasteiger partial charge in [0.25, 0.3) is 0 Å². The number of carbonyl (C=O) groups is 1. The van der Waals surface area contributed by atoms with Gasteiger partial charge in [0.15, 0.2) is 10.8 Å². The van der Waals surface area contributed by atoms with Gasteiger partial charge in [-0.05, 0) is 26.2 Å². The van der Waals surface area contributed by atoms with E-state index in [4.69, 9.17) is 14.7 Å². The van der Waals surface area contributed by atoms with Crippen molar-refractivity contribution < 1.29 is 9.53 Å². The molecule has 1 N–H and O–H groups in total. The lowest BCUT2D eigenvalue weighted by molar-refractivity contribution is -0.125. The molecule has 3 rings (SSSR count). The van der Waals surface area contributed by atoms with Gasteiger partial charge in [0.1, 0.15) is 12.4 Å². The summed E-state index contributed by atoms with van der Waals surface area (Å²) in [6.07, 6.45) is 5.32. The van der Waals surface area contributed by atoms with Gasteiger partial charge in [-0.25, -0.2) is 14.6 Å². The lowest BCUT2D eigenvalue weighted by Gasteiger charge is -2.18. The number of thioether (sulfide) groups is 1. The number of rotatable bonds is 10. The third-order valence-electron chi connectivity index (χ3n) is 4.38. The van der Waals surface area contributed by atoms with Gasteiger partial charge >= 0.3 is 0 Å². The molecular formula is C18H28N6O2S. The second kappa shape index (κ2) is 9.89. The Morgan fingerprint density at radius 1 is 1.30 bits per heavy atom. The number of nitrogens with zero attached hydrogens (tertiary/aromatic N) is 5. The van der Waals surface area contributed by atoms with Crippen molar-refractivity contribution in [3.05, 3.63) is 6.20 Å². The molecule has 8 nitrogen and oxygen atoms in total. The fraction of sp³-hybridized carbons (Fsp3) is 0.667. The van der Waals surface area contributed by atoms with E-state index in [1.54, 1.807) is 11.8 Å². The van der Waals surface area contributed by atoms with Crippen LogP contribution < -0.4 is 10.2 Å². The number of anilines is 1. The predicted octanol–water partition coefficient (Wildman–Crippen LogP) is 2.08. The Hall–Kier alpha value is -1.87. The lowest BCUT2D eigenvalue weighted by Crippen LogP contribution is -2.30. The van der Waals surface area contributed by atoms with Crippen molar-refractivity contribution in [3.63, 3.8) is 0 Å². The van der Waals surface area contributed by atoms with E-state index in [1.165, 1.54) is 12.8 Å². The summed E-state index contributed by atoms with van der Waals surface area (Å²) in [4.78, 5) is 23.6. The first kappa shape index (κ1) is 19.9. The Morgan fingerprint density at radius 3 is 2.85 bits per heavy atom. The van der Waals surface area contributed by atoms with Crippen LogP contribution in [0, 0.1) is 0 Å². The van der Waals surface area contributed by atoms with Crippen LogP contribution in [0.2, 0.25) is 0 Å². The van der Waals surface area contributed by atoms with Gasteiger partial charge in [-0.3, -0.25) is 4.79 Å². The third-order valence-corrected chi connectivity index (χ3v) is 5.43. The van der Waals surface area contributed by atoms with Crippen LogP contribution in [-0.4, -0.2) is 64.3 Å². The number of hydrogen-bond acceptors (Lipinski definition) is 7. The van der Waals surface area contributed by atoms with Crippen LogP contribution in [0.1, 0.15) is 33.1 Å². The summed E-state index contributed by atoms with van der Waals surface area (Å²) in [5.41, 5.74) is 0.838. The quantitative estimate of drug-likeness (QED) is 0.489. The number of carbonyl (C=O) groups excluding carboxylic acids is 1. The molecule has 148 valence electrons. The molecule has 0 aliphatic carbocycles.